The summed E-state index contributed by atoms with van der Waals surface area (Å²) in [6.07, 6.45) is 5.13. The van der Waals surface area contributed by atoms with Gasteiger partial charge in [0.05, 0.1) is 30.3 Å². The maximum Gasteiger partial charge on any atom is 0.410 e. The number of ether oxygens (including phenoxy) is 2. The fourth-order valence-corrected chi connectivity index (χ4v) is 7.86. The number of esters is 1. The van der Waals surface area contributed by atoms with E-state index in [-0.39, 0.29) is 49.6 Å². The Morgan fingerprint density at radius 3 is 2.43 bits per heavy atom. The molecule has 1 aromatic carbocycles. The fraction of sp³-hybridized carbons (Fsp3) is 0.667. The van der Waals surface area contributed by atoms with Gasteiger partial charge in [0.25, 0.3) is 0 Å². The van der Waals surface area contributed by atoms with Gasteiger partial charge >= 0.3 is 12.1 Å². The molecule has 11 heteroatoms. The predicted molar refractivity (Wildman–Crippen MR) is 203 cm³/mol. The van der Waals surface area contributed by atoms with Crippen molar-refractivity contribution in [2.45, 2.75) is 147 Å². The maximum absolute atomic E-state index is 13.6. The molecule has 0 aromatic heterocycles. The van der Waals surface area contributed by atoms with Crippen LogP contribution in [-0.2, 0) is 20.8 Å². The number of hydrogen-bond acceptors (Lipinski definition) is 10. The monoisotopic (exact) mass is 740 g/mol. The molecule has 3 heterocycles. The minimum Gasteiger partial charge on any atom is -0.457 e. The molecule has 2 bridgehead atoms. The summed E-state index contributed by atoms with van der Waals surface area (Å²) >= 11 is 0. The average molecular weight is 741 g/mol. The second-order valence-electron chi connectivity index (χ2n) is 16.4. The van der Waals surface area contributed by atoms with Gasteiger partial charge in [0.15, 0.2) is 6.10 Å². The molecule has 11 nitrogen and oxygen atoms in total. The van der Waals surface area contributed by atoms with Gasteiger partial charge in [-0.05, 0) is 75.5 Å². The van der Waals surface area contributed by atoms with Gasteiger partial charge in [-0.15, -0.1) is 0 Å². The summed E-state index contributed by atoms with van der Waals surface area (Å²) in [7, 11) is 0. The van der Waals surface area contributed by atoms with Crippen LogP contribution in [-0.4, -0.2) is 114 Å². The third-order valence-electron chi connectivity index (χ3n) is 11.7. The van der Waals surface area contributed by atoms with Gasteiger partial charge in [-0.2, -0.15) is 0 Å². The Balaban J connectivity index is 1.45. The van der Waals surface area contributed by atoms with Crippen LogP contribution in [0, 0.1) is 17.8 Å². The molecule has 0 spiro atoms. The van der Waals surface area contributed by atoms with Crippen LogP contribution in [0.2, 0.25) is 0 Å². The molecular weight excluding hydrogens is 676 g/mol. The summed E-state index contributed by atoms with van der Waals surface area (Å²) in [6, 6.07) is 10.5. The van der Waals surface area contributed by atoms with Crippen LogP contribution in [0.25, 0.3) is 0 Å². The Labute approximate surface area is 316 Å². The molecule has 4 rings (SSSR count). The third kappa shape index (κ3) is 11.7. The van der Waals surface area contributed by atoms with Crippen molar-refractivity contribution in [2.24, 2.45) is 17.8 Å². The highest BCUT2D eigenvalue weighted by Gasteiger charge is 2.47. The summed E-state index contributed by atoms with van der Waals surface area (Å²) in [5, 5.41) is 54.4. The molecule has 53 heavy (non-hydrogen) atoms. The van der Waals surface area contributed by atoms with E-state index in [1.807, 2.05) is 45.9 Å². The topological polar surface area (TPSA) is 160 Å². The Morgan fingerprint density at radius 1 is 1.11 bits per heavy atom. The Bertz CT molecular complexity index is 1440. The zero-order valence-electron chi connectivity index (χ0n) is 32.7. The number of aliphatic hydroxyl groups excluding tert-OH is 3. The first-order chi connectivity index (χ1) is 24.9. The highest BCUT2D eigenvalue weighted by molar-refractivity contribution is 5.71. The van der Waals surface area contributed by atoms with Gasteiger partial charge in [-0.1, -0.05) is 82.3 Å². The number of nitrogens with zero attached hydrogens (tertiary/aromatic N) is 2. The number of piperazine rings is 1. The van der Waals surface area contributed by atoms with E-state index in [2.05, 4.69) is 17.0 Å². The molecule has 2 saturated heterocycles. The minimum atomic E-state index is -1.52. The van der Waals surface area contributed by atoms with Crippen molar-refractivity contribution in [1.29, 1.82) is 0 Å². The lowest BCUT2D eigenvalue weighted by molar-refractivity contribution is -0.151. The number of aliphatic hydroxyl groups is 5. The molecule has 12 unspecified atom stereocenters. The first-order valence-electron chi connectivity index (χ1n) is 19.4. The third-order valence-corrected chi connectivity index (χ3v) is 11.7. The first kappa shape index (κ1) is 42.7. The van der Waals surface area contributed by atoms with Crippen LogP contribution < -0.4 is 0 Å². The van der Waals surface area contributed by atoms with E-state index in [0.717, 1.165) is 19.5 Å². The molecule has 1 aromatic rings. The molecular formula is C42H64N2O9. The fourth-order valence-electron chi connectivity index (χ4n) is 7.86. The number of fused-ring (bicyclic) bond motifs is 2. The van der Waals surface area contributed by atoms with Crippen molar-refractivity contribution in [3.05, 3.63) is 71.8 Å². The van der Waals surface area contributed by atoms with Crippen molar-refractivity contribution in [2.75, 3.05) is 13.1 Å². The summed E-state index contributed by atoms with van der Waals surface area (Å²) in [4.78, 5) is 30.7. The van der Waals surface area contributed by atoms with Crippen LogP contribution >= 0.6 is 0 Å². The number of hydrogen-bond donors (Lipinski definition) is 5. The van der Waals surface area contributed by atoms with E-state index in [4.69, 9.17) is 9.47 Å². The van der Waals surface area contributed by atoms with Crippen molar-refractivity contribution >= 4 is 12.1 Å². The molecule has 0 radical (unpaired) electrons. The quantitative estimate of drug-likeness (QED) is 0.113. The second-order valence-corrected chi connectivity index (χ2v) is 16.4. The van der Waals surface area contributed by atoms with E-state index in [1.54, 1.807) is 56.1 Å². The number of rotatable bonds is 12. The lowest BCUT2D eigenvalue weighted by atomic mass is 9.81. The molecule has 0 saturated carbocycles. The van der Waals surface area contributed by atoms with Crippen LogP contribution in [0.3, 0.4) is 0 Å². The summed E-state index contributed by atoms with van der Waals surface area (Å²) in [6.45, 7) is 14.6. The van der Waals surface area contributed by atoms with Gasteiger partial charge < -0.3 is 39.9 Å². The van der Waals surface area contributed by atoms with Crippen LogP contribution in [0.1, 0.15) is 92.6 Å². The van der Waals surface area contributed by atoms with E-state index in [9.17, 15) is 35.1 Å². The van der Waals surface area contributed by atoms with Gasteiger partial charge in [0, 0.05) is 44.1 Å². The molecule has 3 aliphatic heterocycles. The van der Waals surface area contributed by atoms with Crippen molar-refractivity contribution in [3.8, 4) is 0 Å². The molecule has 5 N–H and O–H groups in total. The first-order valence-corrected chi connectivity index (χ1v) is 19.4. The Kier molecular flexibility index (Phi) is 14.9. The molecule has 0 aliphatic carbocycles. The number of benzene rings is 1. The Hall–Kier alpha value is -3.06. The van der Waals surface area contributed by atoms with Gasteiger partial charge in [-0.3, -0.25) is 9.69 Å². The van der Waals surface area contributed by atoms with Crippen LogP contribution in [0.15, 0.2) is 66.3 Å². The average Bonchev–Trinajstić information content (AvgIpc) is 3.71. The van der Waals surface area contributed by atoms with E-state index in [1.165, 1.54) is 5.56 Å². The number of allylic oxidation sites excluding steroid dienone is 2. The second kappa shape index (κ2) is 18.5. The highest BCUT2D eigenvalue weighted by Crippen LogP contribution is 2.34. The number of amides is 1. The lowest BCUT2D eigenvalue weighted by Gasteiger charge is -2.37. The van der Waals surface area contributed by atoms with E-state index >= 15 is 0 Å². The normalized spacial score (nSPS) is 32.3. The summed E-state index contributed by atoms with van der Waals surface area (Å²) in [5.74, 6) is -1.37. The lowest BCUT2D eigenvalue weighted by Crippen LogP contribution is -2.51. The number of carbonyl (C=O) groups is 2. The van der Waals surface area contributed by atoms with Crippen molar-refractivity contribution in [1.82, 2.24) is 9.80 Å². The number of carbonyl (C=O) groups excluding carboxylic acids is 2. The zero-order valence-corrected chi connectivity index (χ0v) is 32.7. The van der Waals surface area contributed by atoms with Crippen molar-refractivity contribution < 1.29 is 44.6 Å². The van der Waals surface area contributed by atoms with Gasteiger partial charge in [0.1, 0.15) is 11.7 Å². The number of likely N-dealkylation sites (tertiary alicyclic amines) is 2. The molecule has 2 fully saturated rings. The Morgan fingerprint density at radius 2 is 1.79 bits per heavy atom. The molecule has 296 valence electrons. The van der Waals surface area contributed by atoms with Gasteiger partial charge in [-0.25, -0.2) is 4.79 Å². The van der Waals surface area contributed by atoms with Gasteiger partial charge in [0.2, 0.25) is 0 Å². The standard InChI is InChI=1S/C42H64N2O9/c1-8-35(46)29(4)30(5)36(47)23-41(6,50)19-12-13-27(2)39-28(3)16-17-37(42(7,51)20-18-34(45)22-38(48)53-39)52-40(49)44-26-32-21-33(44)25-43(32)24-31-14-10-9-11-15-31/h9-17,19,28-30,32-37,39,45-47,50-51H,8,18,20-26H2,1-7H3. The van der Waals surface area contributed by atoms with Crippen molar-refractivity contribution in [3.63, 3.8) is 0 Å². The number of cyclic esters (lactones) is 1. The van der Waals surface area contributed by atoms with Crippen LogP contribution in [0.4, 0.5) is 4.79 Å². The van der Waals surface area contributed by atoms with E-state index in [0.29, 0.717) is 18.5 Å². The minimum absolute atomic E-state index is 0.0201. The van der Waals surface area contributed by atoms with Crippen LogP contribution in [0.5, 0.6) is 0 Å². The zero-order chi connectivity index (χ0) is 39.1. The highest BCUT2D eigenvalue weighted by atomic mass is 16.6. The van der Waals surface area contributed by atoms with E-state index < -0.39 is 59.7 Å². The smallest absolute Gasteiger partial charge is 0.410 e. The molecule has 3 aliphatic rings. The summed E-state index contributed by atoms with van der Waals surface area (Å²) < 4.78 is 11.9. The SMILES string of the molecule is CCC(O)C(C)C(C)C(O)CC(C)(O)C=CC=C(C)C1OC(=O)CC(O)CCC(C)(O)C(OC(=O)N2CC3CC2CN3Cc2ccccc2)C=CC1C. The maximum atomic E-state index is 13.6. The predicted octanol–water partition coefficient (Wildman–Crippen LogP) is 4.90. The molecule has 12 atom stereocenters. The largest absolute Gasteiger partial charge is 0.457 e. The summed E-state index contributed by atoms with van der Waals surface area (Å²) in [5.41, 5.74) is -0.970. The molecule has 1 amide bonds.